The van der Waals surface area contributed by atoms with E-state index in [1.165, 1.54) is 38.6 Å². The summed E-state index contributed by atoms with van der Waals surface area (Å²) in [5, 5.41) is 7.97. The number of hydrogen-bond acceptors (Lipinski definition) is 3. The van der Waals surface area contributed by atoms with Gasteiger partial charge in [-0.15, -0.1) is 0 Å². The molecule has 0 saturated heterocycles. The van der Waals surface area contributed by atoms with E-state index in [0.29, 0.717) is 5.41 Å². The van der Waals surface area contributed by atoms with Gasteiger partial charge in [0.25, 0.3) is 0 Å². The van der Waals surface area contributed by atoms with E-state index in [-0.39, 0.29) is 0 Å². The van der Waals surface area contributed by atoms with Gasteiger partial charge in [0.05, 0.1) is 0 Å². The van der Waals surface area contributed by atoms with Gasteiger partial charge in [0.1, 0.15) is 12.2 Å². The van der Waals surface area contributed by atoms with Crippen molar-refractivity contribution in [2.45, 2.75) is 44.6 Å². The van der Waals surface area contributed by atoms with Gasteiger partial charge in [-0.05, 0) is 49.4 Å². The first-order valence-electron chi connectivity index (χ1n) is 7.30. The molecule has 0 spiro atoms. The van der Waals surface area contributed by atoms with Gasteiger partial charge < -0.3 is 5.32 Å². The Morgan fingerprint density at radius 2 is 2.17 bits per heavy atom. The maximum absolute atomic E-state index is 4.43. The van der Waals surface area contributed by atoms with E-state index >= 15 is 0 Å². The van der Waals surface area contributed by atoms with Crippen LogP contribution in [-0.4, -0.2) is 27.4 Å². The zero-order chi connectivity index (χ0) is 12.2. The first-order chi connectivity index (χ1) is 8.74. The van der Waals surface area contributed by atoms with Crippen molar-refractivity contribution in [2.24, 2.45) is 24.3 Å². The maximum Gasteiger partial charge on any atom is 0.138 e. The number of hydrogen-bond donors (Lipinski definition) is 1. The molecule has 1 aromatic rings. The normalized spacial score (nSPS) is 37.8. The second kappa shape index (κ2) is 3.80. The second-order valence-electron chi connectivity index (χ2n) is 6.80. The van der Waals surface area contributed by atoms with Crippen molar-refractivity contribution < 1.29 is 0 Å². The minimum absolute atomic E-state index is 0.469. The van der Waals surface area contributed by atoms with Gasteiger partial charge in [0, 0.05) is 26.1 Å². The van der Waals surface area contributed by atoms with Gasteiger partial charge in [-0.25, -0.2) is 4.98 Å². The minimum atomic E-state index is 0.469. The highest BCUT2D eigenvalue weighted by Gasteiger charge is 2.54. The Balaban J connectivity index is 1.49. The molecule has 98 valence electrons. The van der Waals surface area contributed by atoms with Crippen LogP contribution in [0.3, 0.4) is 0 Å². The number of fused-ring (bicyclic) bond motifs is 1. The lowest BCUT2D eigenvalue weighted by molar-refractivity contribution is 0.240. The predicted octanol–water partition coefficient (Wildman–Crippen LogP) is 1.53. The lowest BCUT2D eigenvalue weighted by Gasteiger charge is -2.31. The summed E-state index contributed by atoms with van der Waals surface area (Å²) in [4.78, 5) is 4.43. The summed E-state index contributed by atoms with van der Waals surface area (Å²) in [7, 11) is 2.01. The fourth-order valence-corrected chi connectivity index (χ4v) is 3.82. The molecule has 4 heteroatoms. The second-order valence-corrected chi connectivity index (χ2v) is 6.80. The van der Waals surface area contributed by atoms with Crippen molar-refractivity contribution in [3.63, 3.8) is 0 Å². The van der Waals surface area contributed by atoms with Crippen LogP contribution in [-0.2, 0) is 13.5 Å². The molecule has 3 aliphatic rings. The Labute approximate surface area is 108 Å². The SMILES string of the molecule is Cn1ncnc1CC1(CNC2CC2)CC2CC2C1. The van der Waals surface area contributed by atoms with Crippen molar-refractivity contribution in [1.82, 2.24) is 20.1 Å². The average molecular weight is 246 g/mol. The molecule has 4 nitrogen and oxygen atoms in total. The van der Waals surface area contributed by atoms with E-state index in [1.807, 2.05) is 11.7 Å². The molecular formula is C14H22N4. The third kappa shape index (κ3) is 1.96. The van der Waals surface area contributed by atoms with Crippen LogP contribution in [0, 0.1) is 17.3 Å². The van der Waals surface area contributed by atoms with Crippen LogP contribution >= 0.6 is 0 Å². The number of nitrogens with one attached hydrogen (secondary N) is 1. The van der Waals surface area contributed by atoms with Crippen LogP contribution in [0.25, 0.3) is 0 Å². The average Bonchev–Trinajstić information content (AvgIpc) is 3.25. The molecule has 3 aliphatic carbocycles. The van der Waals surface area contributed by atoms with Gasteiger partial charge >= 0.3 is 0 Å². The molecule has 3 fully saturated rings. The van der Waals surface area contributed by atoms with Crippen LogP contribution in [0.5, 0.6) is 0 Å². The van der Waals surface area contributed by atoms with Gasteiger partial charge in [-0.3, -0.25) is 4.68 Å². The van der Waals surface area contributed by atoms with Crippen LogP contribution in [0.2, 0.25) is 0 Å². The first kappa shape index (κ1) is 11.0. The fourth-order valence-electron chi connectivity index (χ4n) is 3.82. The molecular weight excluding hydrogens is 224 g/mol. The lowest BCUT2D eigenvalue weighted by Crippen LogP contribution is -2.37. The number of aryl methyl sites for hydroxylation is 1. The van der Waals surface area contributed by atoms with E-state index in [1.54, 1.807) is 6.33 Å². The smallest absolute Gasteiger partial charge is 0.138 e. The minimum Gasteiger partial charge on any atom is -0.313 e. The molecule has 3 saturated carbocycles. The van der Waals surface area contributed by atoms with E-state index in [0.717, 1.165) is 30.1 Å². The number of nitrogens with zero attached hydrogens (tertiary/aromatic N) is 3. The molecule has 0 aromatic carbocycles. The molecule has 2 atom stereocenters. The summed E-state index contributed by atoms with van der Waals surface area (Å²) in [6, 6.07) is 0.818. The standard InChI is InChI=1S/C14H22N4/c1-18-13(16-9-17-18)7-14(8-15-12-2-3-12)5-10-4-11(10)6-14/h9-12,15H,2-8H2,1H3. The van der Waals surface area contributed by atoms with Crippen LogP contribution in [0.1, 0.15) is 37.9 Å². The van der Waals surface area contributed by atoms with Gasteiger partial charge in [0.15, 0.2) is 0 Å². The zero-order valence-electron chi connectivity index (χ0n) is 11.1. The van der Waals surface area contributed by atoms with Gasteiger partial charge in [-0.2, -0.15) is 5.10 Å². The van der Waals surface area contributed by atoms with E-state index in [4.69, 9.17) is 0 Å². The van der Waals surface area contributed by atoms with Crippen molar-refractivity contribution in [1.29, 1.82) is 0 Å². The molecule has 0 radical (unpaired) electrons. The molecule has 1 N–H and O–H groups in total. The highest BCUT2D eigenvalue weighted by molar-refractivity contribution is 5.08. The van der Waals surface area contributed by atoms with Crippen LogP contribution in [0.4, 0.5) is 0 Å². The monoisotopic (exact) mass is 246 g/mol. The number of aromatic nitrogens is 3. The predicted molar refractivity (Wildman–Crippen MR) is 69.0 cm³/mol. The number of rotatable bonds is 5. The molecule has 0 aliphatic heterocycles. The maximum atomic E-state index is 4.43. The van der Waals surface area contributed by atoms with E-state index < -0.39 is 0 Å². The van der Waals surface area contributed by atoms with Gasteiger partial charge in [-0.1, -0.05) is 0 Å². The molecule has 2 unspecified atom stereocenters. The third-order valence-corrected chi connectivity index (χ3v) is 5.14. The third-order valence-electron chi connectivity index (χ3n) is 5.14. The summed E-state index contributed by atoms with van der Waals surface area (Å²) in [6.45, 7) is 1.19. The molecule has 4 rings (SSSR count). The van der Waals surface area contributed by atoms with E-state index in [9.17, 15) is 0 Å². The largest absolute Gasteiger partial charge is 0.313 e. The Hall–Kier alpha value is -0.900. The van der Waals surface area contributed by atoms with Crippen molar-refractivity contribution in [3.05, 3.63) is 12.2 Å². The molecule has 1 heterocycles. The van der Waals surface area contributed by atoms with Crippen molar-refractivity contribution in [2.75, 3.05) is 6.54 Å². The van der Waals surface area contributed by atoms with Gasteiger partial charge in [0.2, 0.25) is 0 Å². The summed E-state index contributed by atoms with van der Waals surface area (Å²) in [5.74, 6) is 3.22. The van der Waals surface area contributed by atoms with E-state index in [2.05, 4.69) is 15.4 Å². The summed E-state index contributed by atoms with van der Waals surface area (Å²) in [5.41, 5.74) is 0.469. The highest BCUT2D eigenvalue weighted by Crippen LogP contribution is 2.60. The lowest BCUT2D eigenvalue weighted by atomic mass is 9.79. The summed E-state index contributed by atoms with van der Waals surface area (Å²) < 4.78 is 1.95. The molecule has 0 amide bonds. The highest BCUT2D eigenvalue weighted by atomic mass is 15.3. The molecule has 1 aromatic heterocycles. The van der Waals surface area contributed by atoms with Crippen molar-refractivity contribution >= 4 is 0 Å². The summed E-state index contributed by atoms with van der Waals surface area (Å²) in [6.07, 6.45) is 9.86. The van der Waals surface area contributed by atoms with Crippen molar-refractivity contribution in [3.8, 4) is 0 Å². The Morgan fingerprint density at radius 1 is 1.39 bits per heavy atom. The fraction of sp³-hybridized carbons (Fsp3) is 0.857. The van der Waals surface area contributed by atoms with Crippen LogP contribution < -0.4 is 5.32 Å². The first-order valence-corrected chi connectivity index (χ1v) is 7.30. The molecule has 18 heavy (non-hydrogen) atoms. The summed E-state index contributed by atoms with van der Waals surface area (Å²) >= 11 is 0. The van der Waals surface area contributed by atoms with Crippen LogP contribution in [0.15, 0.2) is 6.33 Å². The zero-order valence-corrected chi connectivity index (χ0v) is 11.1. The Bertz CT molecular complexity index is 438. The molecule has 0 bridgehead atoms. The Kier molecular flexibility index (Phi) is 2.31. The quantitative estimate of drug-likeness (QED) is 0.856. The Morgan fingerprint density at radius 3 is 2.78 bits per heavy atom. The topological polar surface area (TPSA) is 42.7 Å².